The Bertz CT molecular complexity index is 877. The van der Waals surface area contributed by atoms with Crippen LogP contribution >= 0.6 is 11.6 Å². The summed E-state index contributed by atoms with van der Waals surface area (Å²) in [6.45, 7) is 3.06. The molecular formula is C21H21ClN2O3. The Morgan fingerprint density at radius 2 is 1.96 bits per heavy atom. The summed E-state index contributed by atoms with van der Waals surface area (Å²) >= 11 is 5.87. The molecule has 27 heavy (non-hydrogen) atoms. The molecule has 1 N–H and O–H groups in total. The van der Waals surface area contributed by atoms with Crippen LogP contribution in [0, 0.1) is 5.92 Å². The van der Waals surface area contributed by atoms with Crippen molar-refractivity contribution in [3.05, 3.63) is 58.6 Å². The number of ether oxygens (including phenoxy) is 1. The summed E-state index contributed by atoms with van der Waals surface area (Å²) in [6.07, 6.45) is 1.87. The molecule has 2 aliphatic rings. The molecule has 0 saturated heterocycles. The Balaban J connectivity index is 1.54. The zero-order chi connectivity index (χ0) is 19.0. The molecule has 1 unspecified atom stereocenters. The molecule has 1 fully saturated rings. The van der Waals surface area contributed by atoms with Gasteiger partial charge < -0.3 is 15.0 Å². The standard InChI is InChI=1S/C21H21ClN2O3/c1-13-21(26)24(11-14-2-3-14)12-16-10-18(8-9-19(16)27-13)23-20(25)15-4-6-17(22)7-5-15/h4-10,13-14H,2-3,11-12H2,1H3,(H,23,25). The number of amides is 2. The molecule has 1 saturated carbocycles. The monoisotopic (exact) mass is 384 g/mol. The van der Waals surface area contributed by atoms with E-state index in [4.69, 9.17) is 16.3 Å². The topological polar surface area (TPSA) is 58.6 Å². The van der Waals surface area contributed by atoms with E-state index >= 15 is 0 Å². The van der Waals surface area contributed by atoms with Gasteiger partial charge in [-0.3, -0.25) is 9.59 Å². The Morgan fingerprint density at radius 3 is 2.67 bits per heavy atom. The Hall–Kier alpha value is -2.53. The molecule has 140 valence electrons. The minimum Gasteiger partial charge on any atom is -0.481 e. The zero-order valence-corrected chi connectivity index (χ0v) is 15.8. The van der Waals surface area contributed by atoms with Crippen LogP contribution in [0.1, 0.15) is 35.7 Å². The van der Waals surface area contributed by atoms with Crippen molar-refractivity contribution in [1.29, 1.82) is 0 Å². The van der Waals surface area contributed by atoms with E-state index in [9.17, 15) is 9.59 Å². The van der Waals surface area contributed by atoms with Crippen molar-refractivity contribution in [3.8, 4) is 5.75 Å². The third kappa shape index (κ3) is 4.08. The fourth-order valence-corrected chi connectivity index (χ4v) is 3.37. The van der Waals surface area contributed by atoms with E-state index in [0.29, 0.717) is 34.5 Å². The van der Waals surface area contributed by atoms with Crippen LogP contribution in [0.3, 0.4) is 0 Å². The van der Waals surface area contributed by atoms with E-state index in [0.717, 1.165) is 12.1 Å². The summed E-state index contributed by atoms with van der Waals surface area (Å²) in [5, 5.41) is 3.48. The Morgan fingerprint density at radius 1 is 1.22 bits per heavy atom. The van der Waals surface area contributed by atoms with Gasteiger partial charge in [-0.2, -0.15) is 0 Å². The third-order valence-corrected chi connectivity index (χ3v) is 5.18. The Labute approximate surface area is 163 Å². The smallest absolute Gasteiger partial charge is 0.263 e. The molecule has 2 aromatic carbocycles. The SMILES string of the molecule is CC1Oc2ccc(NC(=O)c3ccc(Cl)cc3)cc2CN(CC2CC2)C1=O. The second kappa shape index (κ2) is 7.24. The van der Waals surface area contributed by atoms with Crippen LogP contribution < -0.4 is 10.1 Å². The second-order valence-corrected chi connectivity index (χ2v) is 7.64. The van der Waals surface area contributed by atoms with Crippen LogP contribution in [0.15, 0.2) is 42.5 Å². The predicted octanol–water partition coefficient (Wildman–Crippen LogP) is 4.11. The fraction of sp³-hybridized carbons (Fsp3) is 0.333. The van der Waals surface area contributed by atoms with Crippen LogP contribution in [0.25, 0.3) is 0 Å². The number of hydrogen-bond acceptors (Lipinski definition) is 3. The average molecular weight is 385 g/mol. The second-order valence-electron chi connectivity index (χ2n) is 7.21. The van der Waals surface area contributed by atoms with Crippen molar-refractivity contribution in [2.24, 2.45) is 5.92 Å². The van der Waals surface area contributed by atoms with Gasteiger partial charge in [0.25, 0.3) is 11.8 Å². The molecule has 0 spiro atoms. The molecular weight excluding hydrogens is 364 g/mol. The Kier molecular flexibility index (Phi) is 4.79. The lowest BCUT2D eigenvalue weighted by Crippen LogP contribution is -2.39. The maximum atomic E-state index is 12.6. The van der Waals surface area contributed by atoms with E-state index in [1.165, 1.54) is 12.8 Å². The van der Waals surface area contributed by atoms with E-state index in [-0.39, 0.29) is 11.8 Å². The van der Waals surface area contributed by atoms with Gasteiger partial charge in [-0.1, -0.05) is 11.6 Å². The van der Waals surface area contributed by atoms with Crippen molar-refractivity contribution in [3.63, 3.8) is 0 Å². The number of carbonyl (C=O) groups is 2. The maximum Gasteiger partial charge on any atom is 0.263 e. The third-order valence-electron chi connectivity index (χ3n) is 4.92. The van der Waals surface area contributed by atoms with Gasteiger partial charge in [-0.25, -0.2) is 0 Å². The molecule has 1 atom stereocenters. The normalized spacial score (nSPS) is 19.1. The molecule has 5 nitrogen and oxygen atoms in total. The van der Waals surface area contributed by atoms with Gasteiger partial charge in [0.2, 0.25) is 0 Å². The first-order valence-corrected chi connectivity index (χ1v) is 9.52. The first-order chi connectivity index (χ1) is 13.0. The van der Waals surface area contributed by atoms with E-state index in [1.54, 1.807) is 37.3 Å². The highest BCUT2D eigenvalue weighted by Crippen LogP contribution is 2.33. The summed E-state index contributed by atoms with van der Waals surface area (Å²) in [7, 11) is 0. The summed E-state index contributed by atoms with van der Waals surface area (Å²) in [6, 6.07) is 12.2. The predicted molar refractivity (Wildman–Crippen MR) is 104 cm³/mol. The lowest BCUT2D eigenvalue weighted by Gasteiger charge is -2.22. The van der Waals surface area contributed by atoms with Crippen molar-refractivity contribution in [2.75, 3.05) is 11.9 Å². The average Bonchev–Trinajstić information content (AvgIpc) is 3.47. The minimum atomic E-state index is -0.500. The number of fused-ring (bicyclic) bond motifs is 1. The van der Waals surface area contributed by atoms with Gasteiger partial charge in [-0.05, 0) is 68.1 Å². The summed E-state index contributed by atoms with van der Waals surface area (Å²) in [5.74, 6) is 1.11. The molecule has 0 aromatic heterocycles. The lowest BCUT2D eigenvalue weighted by atomic mass is 10.1. The number of nitrogens with one attached hydrogen (secondary N) is 1. The van der Waals surface area contributed by atoms with E-state index in [2.05, 4.69) is 5.32 Å². The highest BCUT2D eigenvalue weighted by atomic mass is 35.5. The quantitative estimate of drug-likeness (QED) is 0.862. The van der Waals surface area contributed by atoms with Crippen LogP contribution in [-0.2, 0) is 11.3 Å². The minimum absolute atomic E-state index is 0.0184. The van der Waals surface area contributed by atoms with Crippen molar-refractivity contribution in [2.45, 2.75) is 32.4 Å². The highest BCUT2D eigenvalue weighted by Gasteiger charge is 2.32. The summed E-state index contributed by atoms with van der Waals surface area (Å²) in [4.78, 5) is 26.9. The zero-order valence-electron chi connectivity index (χ0n) is 15.1. The highest BCUT2D eigenvalue weighted by molar-refractivity contribution is 6.30. The lowest BCUT2D eigenvalue weighted by molar-refractivity contribution is -0.137. The van der Waals surface area contributed by atoms with Crippen LogP contribution in [-0.4, -0.2) is 29.4 Å². The first kappa shape index (κ1) is 17.9. The van der Waals surface area contributed by atoms with Gasteiger partial charge in [0.15, 0.2) is 6.10 Å². The van der Waals surface area contributed by atoms with Crippen molar-refractivity contribution in [1.82, 2.24) is 4.90 Å². The summed E-state index contributed by atoms with van der Waals surface area (Å²) in [5.41, 5.74) is 2.11. The molecule has 2 amide bonds. The van der Waals surface area contributed by atoms with E-state index < -0.39 is 6.10 Å². The molecule has 0 radical (unpaired) electrons. The fourth-order valence-electron chi connectivity index (χ4n) is 3.25. The molecule has 2 aromatic rings. The van der Waals surface area contributed by atoms with Crippen LogP contribution in [0.2, 0.25) is 5.02 Å². The maximum absolute atomic E-state index is 12.6. The number of nitrogens with zero attached hydrogens (tertiary/aromatic N) is 1. The number of hydrogen-bond donors (Lipinski definition) is 1. The van der Waals surface area contributed by atoms with Gasteiger partial charge in [0, 0.05) is 34.9 Å². The van der Waals surface area contributed by atoms with E-state index in [1.807, 2.05) is 17.0 Å². The molecule has 1 heterocycles. The molecule has 1 aliphatic carbocycles. The van der Waals surface area contributed by atoms with Crippen molar-refractivity contribution < 1.29 is 14.3 Å². The number of anilines is 1. The molecule has 0 bridgehead atoms. The summed E-state index contributed by atoms with van der Waals surface area (Å²) < 4.78 is 5.84. The van der Waals surface area contributed by atoms with Crippen LogP contribution in [0.5, 0.6) is 5.75 Å². The van der Waals surface area contributed by atoms with Gasteiger partial charge in [0.05, 0.1) is 0 Å². The van der Waals surface area contributed by atoms with Gasteiger partial charge >= 0.3 is 0 Å². The molecule has 6 heteroatoms. The van der Waals surface area contributed by atoms with Crippen molar-refractivity contribution >= 4 is 29.1 Å². The number of benzene rings is 2. The molecule has 1 aliphatic heterocycles. The number of rotatable bonds is 4. The number of carbonyl (C=O) groups excluding carboxylic acids is 2. The van der Waals surface area contributed by atoms with Gasteiger partial charge in [0.1, 0.15) is 5.75 Å². The van der Waals surface area contributed by atoms with Gasteiger partial charge in [-0.15, -0.1) is 0 Å². The molecule has 4 rings (SSSR count). The largest absolute Gasteiger partial charge is 0.481 e. The first-order valence-electron chi connectivity index (χ1n) is 9.15. The van der Waals surface area contributed by atoms with Crippen LogP contribution in [0.4, 0.5) is 5.69 Å². The number of halogens is 1.